The number of rotatable bonds is 8. The number of nitriles is 1. The van der Waals surface area contributed by atoms with Crippen LogP contribution in [0.2, 0.25) is 0 Å². The van der Waals surface area contributed by atoms with Gasteiger partial charge in [0, 0.05) is 5.56 Å². The molecule has 0 aliphatic carbocycles. The summed E-state index contributed by atoms with van der Waals surface area (Å²) >= 11 is 0. The molecule has 1 rings (SSSR count). The minimum Gasteiger partial charge on any atom is -0.493 e. The van der Waals surface area contributed by atoms with Crippen molar-refractivity contribution in [3.8, 4) is 17.6 Å². The smallest absolute Gasteiger partial charge is 0.252 e. The van der Waals surface area contributed by atoms with Gasteiger partial charge in [-0.25, -0.2) is 0 Å². The van der Waals surface area contributed by atoms with Gasteiger partial charge in [0.25, 0.3) is 5.91 Å². The molecular weight excluding hydrogens is 310 g/mol. The van der Waals surface area contributed by atoms with Crippen molar-refractivity contribution in [3.63, 3.8) is 0 Å². The monoisotopic (exact) mass is 333 g/mol. The number of nitrogens with one attached hydrogen (secondary N) is 2. The van der Waals surface area contributed by atoms with E-state index < -0.39 is 11.9 Å². The zero-order valence-corrected chi connectivity index (χ0v) is 14.4. The number of methoxy groups -OCH3 is 2. The largest absolute Gasteiger partial charge is 0.493 e. The highest BCUT2D eigenvalue weighted by molar-refractivity contribution is 5.98. The maximum Gasteiger partial charge on any atom is 0.252 e. The van der Waals surface area contributed by atoms with Crippen LogP contribution in [-0.2, 0) is 4.79 Å². The molecule has 0 saturated heterocycles. The van der Waals surface area contributed by atoms with Crippen molar-refractivity contribution in [2.75, 3.05) is 20.8 Å². The second-order valence-corrected chi connectivity index (χ2v) is 5.60. The molecule has 2 N–H and O–H groups in total. The topological polar surface area (TPSA) is 100 Å². The summed E-state index contributed by atoms with van der Waals surface area (Å²) in [5, 5.41) is 13.7. The van der Waals surface area contributed by atoms with E-state index in [1.807, 2.05) is 19.9 Å². The molecule has 130 valence electrons. The van der Waals surface area contributed by atoms with Crippen molar-refractivity contribution in [3.05, 3.63) is 23.8 Å². The first kappa shape index (κ1) is 19.3. The summed E-state index contributed by atoms with van der Waals surface area (Å²) in [6.07, 6.45) is 0.469. The van der Waals surface area contributed by atoms with Gasteiger partial charge in [0.15, 0.2) is 11.5 Å². The van der Waals surface area contributed by atoms with Crippen LogP contribution in [0, 0.1) is 17.2 Å². The van der Waals surface area contributed by atoms with Gasteiger partial charge in [-0.1, -0.05) is 13.8 Å². The van der Waals surface area contributed by atoms with Gasteiger partial charge in [0.2, 0.25) is 5.91 Å². The molecular formula is C17H23N3O4. The standard InChI is InChI=1S/C17H23N3O4/c1-11(2)9-13(17(22)19-8-7-18)20-16(21)12-5-6-14(23-3)15(10-12)24-4/h5-6,10-11,13H,8-9H2,1-4H3,(H,19,22)(H,20,21)/t13-/m0/s1. The van der Waals surface area contributed by atoms with Crippen LogP contribution < -0.4 is 20.1 Å². The molecule has 0 unspecified atom stereocenters. The van der Waals surface area contributed by atoms with E-state index in [2.05, 4.69) is 10.6 Å². The number of carbonyl (C=O) groups is 2. The summed E-state index contributed by atoms with van der Waals surface area (Å²) in [6.45, 7) is 3.81. The predicted octanol–water partition coefficient (Wildman–Crippen LogP) is 1.49. The maximum absolute atomic E-state index is 12.4. The zero-order chi connectivity index (χ0) is 18.1. The Hall–Kier alpha value is -2.75. The average Bonchev–Trinajstić information content (AvgIpc) is 2.57. The van der Waals surface area contributed by atoms with E-state index in [1.54, 1.807) is 18.2 Å². The molecule has 0 aromatic heterocycles. The van der Waals surface area contributed by atoms with Gasteiger partial charge >= 0.3 is 0 Å². The molecule has 2 amide bonds. The van der Waals surface area contributed by atoms with Gasteiger partial charge in [-0.3, -0.25) is 9.59 Å². The summed E-state index contributed by atoms with van der Waals surface area (Å²) in [6, 6.07) is 5.90. The van der Waals surface area contributed by atoms with Crippen molar-refractivity contribution in [2.24, 2.45) is 5.92 Å². The number of nitrogens with zero attached hydrogens (tertiary/aromatic N) is 1. The second kappa shape index (κ2) is 9.40. The van der Waals surface area contributed by atoms with E-state index in [4.69, 9.17) is 14.7 Å². The predicted molar refractivity (Wildman–Crippen MR) is 88.9 cm³/mol. The van der Waals surface area contributed by atoms with Crippen LogP contribution >= 0.6 is 0 Å². The number of carbonyl (C=O) groups excluding carboxylic acids is 2. The maximum atomic E-state index is 12.4. The molecule has 0 radical (unpaired) electrons. The number of hydrogen-bond donors (Lipinski definition) is 2. The lowest BCUT2D eigenvalue weighted by atomic mass is 10.0. The first-order valence-electron chi connectivity index (χ1n) is 7.60. The first-order valence-corrected chi connectivity index (χ1v) is 7.60. The van der Waals surface area contributed by atoms with Crippen molar-refractivity contribution >= 4 is 11.8 Å². The van der Waals surface area contributed by atoms with Crippen LogP contribution in [-0.4, -0.2) is 38.6 Å². The second-order valence-electron chi connectivity index (χ2n) is 5.60. The van der Waals surface area contributed by atoms with E-state index in [-0.39, 0.29) is 18.4 Å². The lowest BCUT2D eigenvalue weighted by Gasteiger charge is -2.20. The van der Waals surface area contributed by atoms with Gasteiger partial charge in [-0.05, 0) is 30.5 Å². The highest BCUT2D eigenvalue weighted by atomic mass is 16.5. The molecule has 7 nitrogen and oxygen atoms in total. The fourth-order valence-electron chi connectivity index (χ4n) is 2.17. The fourth-order valence-corrected chi connectivity index (χ4v) is 2.17. The summed E-state index contributed by atoms with van der Waals surface area (Å²) in [4.78, 5) is 24.5. The number of amides is 2. The number of hydrogen-bond acceptors (Lipinski definition) is 5. The normalized spacial score (nSPS) is 11.3. The number of benzene rings is 1. The third-order valence-corrected chi connectivity index (χ3v) is 3.32. The van der Waals surface area contributed by atoms with Crippen LogP contribution in [0.5, 0.6) is 11.5 Å². The zero-order valence-electron chi connectivity index (χ0n) is 14.4. The Labute approximate surface area is 141 Å². The molecule has 0 bridgehead atoms. The molecule has 0 heterocycles. The van der Waals surface area contributed by atoms with E-state index in [9.17, 15) is 9.59 Å². The molecule has 0 fully saturated rings. The van der Waals surface area contributed by atoms with Gasteiger partial charge in [0.05, 0.1) is 20.3 Å². The van der Waals surface area contributed by atoms with E-state index in [0.29, 0.717) is 23.5 Å². The van der Waals surface area contributed by atoms with Gasteiger partial charge in [-0.15, -0.1) is 0 Å². The Kier molecular flexibility index (Phi) is 7.56. The fraction of sp³-hybridized carbons (Fsp3) is 0.471. The molecule has 1 aromatic carbocycles. The Bertz CT molecular complexity index is 623. The minimum atomic E-state index is -0.709. The molecule has 1 atom stereocenters. The third kappa shape index (κ3) is 5.47. The Morgan fingerprint density at radius 3 is 2.42 bits per heavy atom. The Morgan fingerprint density at radius 2 is 1.88 bits per heavy atom. The lowest BCUT2D eigenvalue weighted by molar-refractivity contribution is -0.123. The quantitative estimate of drug-likeness (QED) is 0.702. The summed E-state index contributed by atoms with van der Waals surface area (Å²) in [5.74, 6) is 0.375. The Balaban J connectivity index is 2.91. The molecule has 0 spiro atoms. The summed E-state index contributed by atoms with van der Waals surface area (Å²) in [5.41, 5.74) is 0.356. The van der Waals surface area contributed by atoms with Crippen LogP contribution in [0.1, 0.15) is 30.6 Å². The molecule has 0 aliphatic rings. The van der Waals surface area contributed by atoms with Gasteiger partial charge in [-0.2, -0.15) is 5.26 Å². The van der Waals surface area contributed by atoms with Crippen molar-refractivity contribution in [1.29, 1.82) is 5.26 Å². The summed E-state index contributed by atoms with van der Waals surface area (Å²) in [7, 11) is 2.99. The minimum absolute atomic E-state index is 0.0976. The van der Waals surface area contributed by atoms with Crippen LogP contribution in [0.25, 0.3) is 0 Å². The van der Waals surface area contributed by atoms with Crippen molar-refractivity contribution in [2.45, 2.75) is 26.3 Å². The SMILES string of the molecule is COc1ccc(C(=O)N[C@@H](CC(C)C)C(=O)NCC#N)cc1OC. The van der Waals surface area contributed by atoms with E-state index >= 15 is 0 Å². The van der Waals surface area contributed by atoms with Gasteiger partial charge < -0.3 is 20.1 Å². The molecule has 7 heteroatoms. The summed E-state index contributed by atoms with van der Waals surface area (Å²) < 4.78 is 10.3. The molecule has 24 heavy (non-hydrogen) atoms. The first-order chi connectivity index (χ1) is 11.4. The average molecular weight is 333 g/mol. The highest BCUT2D eigenvalue weighted by Crippen LogP contribution is 2.27. The van der Waals surface area contributed by atoms with Gasteiger partial charge in [0.1, 0.15) is 12.6 Å². The third-order valence-electron chi connectivity index (χ3n) is 3.32. The van der Waals surface area contributed by atoms with E-state index in [0.717, 1.165) is 0 Å². The van der Waals surface area contributed by atoms with Crippen molar-refractivity contribution in [1.82, 2.24) is 10.6 Å². The van der Waals surface area contributed by atoms with Crippen LogP contribution in [0.15, 0.2) is 18.2 Å². The molecule has 0 saturated carbocycles. The van der Waals surface area contributed by atoms with Crippen LogP contribution in [0.4, 0.5) is 0 Å². The molecule has 0 aliphatic heterocycles. The molecule has 1 aromatic rings. The Morgan fingerprint density at radius 1 is 1.21 bits per heavy atom. The lowest BCUT2D eigenvalue weighted by Crippen LogP contribution is -2.47. The van der Waals surface area contributed by atoms with E-state index in [1.165, 1.54) is 14.2 Å². The van der Waals surface area contributed by atoms with Crippen molar-refractivity contribution < 1.29 is 19.1 Å². The van der Waals surface area contributed by atoms with Crippen LogP contribution in [0.3, 0.4) is 0 Å². The highest BCUT2D eigenvalue weighted by Gasteiger charge is 2.22. The number of ether oxygens (including phenoxy) is 2.